The molecular weight excluding hydrogens is 424 g/mol. The number of nitrogens with zero attached hydrogens (tertiary/aromatic N) is 2. The van der Waals surface area contributed by atoms with Crippen LogP contribution in [0, 0.1) is 17.8 Å². The summed E-state index contributed by atoms with van der Waals surface area (Å²) in [5, 5.41) is 9.14. The fraction of sp³-hybridized carbons (Fsp3) is 0.800. The number of likely N-dealkylation sites (tertiary alicyclic amines) is 1. The first-order valence-electron chi connectivity index (χ1n) is 12.3. The molecule has 3 aliphatic heterocycles. The molecule has 0 aromatic rings. The second-order valence-electron chi connectivity index (χ2n) is 10.1. The third-order valence-electron chi connectivity index (χ3n) is 7.88. The molecule has 33 heavy (non-hydrogen) atoms. The summed E-state index contributed by atoms with van der Waals surface area (Å²) in [6.45, 7) is 14.4. The molecule has 3 saturated heterocycles. The maximum atomic E-state index is 14.0. The Bertz CT molecular complexity index is 785. The Kier molecular flexibility index (Phi) is 7.58. The van der Waals surface area contributed by atoms with Crippen LogP contribution in [0.3, 0.4) is 0 Å². The lowest BCUT2D eigenvalue weighted by Crippen LogP contribution is -2.57. The van der Waals surface area contributed by atoms with Crippen LogP contribution in [0.5, 0.6) is 0 Å². The highest BCUT2D eigenvalue weighted by molar-refractivity contribution is 5.98. The van der Waals surface area contributed by atoms with E-state index in [1.54, 1.807) is 22.8 Å². The average Bonchev–Trinajstić information content (AvgIpc) is 3.26. The lowest BCUT2D eigenvalue weighted by atomic mass is 9.62. The second kappa shape index (κ2) is 9.74. The number of unbranched alkanes of at least 4 members (excludes halogenated alkanes) is 2. The maximum Gasteiger partial charge on any atom is 0.312 e. The van der Waals surface area contributed by atoms with Crippen molar-refractivity contribution in [3.05, 3.63) is 12.7 Å². The van der Waals surface area contributed by atoms with Crippen LogP contribution >= 0.6 is 0 Å². The number of amides is 2. The predicted molar refractivity (Wildman–Crippen MR) is 123 cm³/mol. The maximum absolute atomic E-state index is 14.0. The van der Waals surface area contributed by atoms with Gasteiger partial charge in [-0.15, -0.1) is 6.58 Å². The molecule has 0 aliphatic carbocycles. The van der Waals surface area contributed by atoms with E-state index in [0.717, 1.165) is 6.42 Å². The first-order chi connectivity index (χ1) is 15.6. The number of hydrogen-bond donors (Lipinski definition) is 1. The largest absolute Gasteiger partial charge is 0.466 e. The van der Waals surface area contributed by atoms with E-state index in [1.807, 2.05) is 27.7 Å². The normalized spacial score (nSPS) is 34.6. The van der Waals surface area contributed by atoms with E-state index in [0.29, 0.717) is 32.4 Å². The molecule has 3 heterocycles. The topological polar surface area (TPSA) is 96.4 Å². The lowest BCUT2D eigenvalue weighted by Gasteiger charge is -2.38. The summed E-state index contributed by atoms with van der Waals surface area (Å²) in [5.74, 6) is -2.27. The molecule has 1 spiro atoms. The monoisotopic (exact) mass is 464 g/mol. The SMILES string of the molecule is C=CCN(C(=O)C1N(CCCCCO)C(=O)[C@@H]2[C@@H](C(=O)OCC)[C@]3(C)OC12CC3C)C(C)C. The van der Waals surface area contributed by atoms with E-state index in [2.05, 4.69) is 6.58 Å². The molecule has 8 heteroatoms. The van der Waals surface area contributed by atoms with E-state index in [1.165, 1.54) is 0 Å². The Morgan fingerprint density at radius 1 is 1.36 bits per heavy atom. The van der Waals surface area contributed by atoms with Gasteiger partial charge in [0.15, 0.2) is 0 Å². The van der Waals surface area contributed by atoms with Crippen molar-refractivity contribution in [2.75, 3.05) is 26.3 Å². The predicted octanol–water partition coefficient (Wildman–Crippen LogP) is 2.15. The average molecular weight is 465 g/mol. The van der Waals surface area contributed by atoms with Crippen molar-refractivity contribution in [3.63, 3.8) is 0 Å². The van der Waals surface area contributed by atoms with Gasteiger partial charge in [-0.1, -0.05) is 13.0 Å². The number of hydrogen-bond acceptors (Lipinski definition) is 6. The third-order valence-corrected chi connectivity index (χ3v) is 7.88. The van der Waals surface area contributed by atoms with Crippen LogP contribution < -0.4 is 0 Å². The summed E-state index contributed by atoms with van der Waals surface area (Å²) in [5.41, 5.74) is -1.90. The van der Waals surface area contributed by atoms with Crippen LogP contribution in [-0.4, -0.2) is 82.3 Å². The Balaban J connectivity index is 2.06. The van der Waals surface area contributed by atoms with Gasteiger partial charge in [0.05, 0.1) is 18.1 Å². The van der Waals surface area contributed by atoms with Crippen LogP contribution in [0.25, 0.3) is 0 Å². The van der Waals surface area contributed by atoms with Crippen molar-refractivity contribution in [1.82, 2.24) is 9.80 Å². The molecule has 6 atom stereocenters. The number of carbonyl (C=O) groups excluding carboxylic acids is 3. The zero-order valence-corrected chi connectivity index (χ0v) is 20.7. The molecule has 0 aromatic heterocycles. The number of rotatable bonds is 11. The van der Waals surface area contributed by atoms with Gasteiger partial charge in [-0.25, -0.2) is 0 Å². The fourth-order valence-electron chi connectivity index (χ4n) is 6.27. The molecule has 0 aromatic carbocycles. The van der Waals surface area contributed by atoms with E-state index in [4.69, 9.17) is 14.6 Å². The van der Waals surface area contributed by atoms with Crippen molar-refractivity contribution in [2.45, 2.75) is 83.6 Å². The van der Waals surface area contributed by atoms with Gasteiger partial charge in [0.1, 0.15) is 17.6 Å². The van der Waals surface area contributed by atoms with Crippen LogP contribution in [-0.2, 0) is 23.9 Å². The van der Waals surface area contributed by atoms with Crippen LogP contribution in [0.1, 0.15) is 60.3 Å². The number of esters is 1. The molecule has 0 saturated carbocycles. The summed E-state index contributed by atoms with van der Waals surface area (Å²) in [6.07, 6.45) is 4.28. The van der Waals surface area contributed by atoms with Crippen molar-refractivity contribution >= 4 is 17.8 Å². The molecule has 1 N–H and O–H groups in total. The first-order valence-corrected chi connectivity index (χ1v) is 12.3. The van der Waals surface area contributed by atoms with E-state index < -0.39 is 35.0 Å². The Labute approximate surface area is 197 Å². The second-order valence-corrected chi connectivity index (χ2v) is 10.1. The van der Waals surface area contributed by atoms with Crippen LogP contribution in [0.2, 0.25) is 0 Å². The van der Waals surface area contributed by atoms with Gasteiger partial charge in [0, 0.05) is 25.7 Å². The van der Waals surface area contributed by atoms with Crippen molar-refractivity contribution in [1.29, 1.82) is 0 Å². The van der Waals surface area contributed by atoms with Gasteiger partial charge in [-0.3, -0.25) is 14.4 Å². The first kappa shape index (κ1) is 25.7. The minimum absolute atomic E-state index is 0.00695. The lowest BCUT2D eigenvalue weighted by molar-refractivity contribution is -0.162. The number of carbonyl (C=O) groups is 3. The molecule has 3 fully saturated rings. The Hall–Kier alpha value is -1.93. The molecule has 0 radical (unpaired) electrons. The van der Waals surface area contributed by atoms with Gasteiger partial charge in [0.2, 0.25) is 11.8 Å². The highest BCUT2D eigenvalue weighted by Crippen LogP contribution is 2.65. The van der Waals surface area contributed by atoms with Gasteiger partial charge in [-0.2, -0.15) is 0 Å². The minimum Gasteiger partial charge on any atom is -0.466 e. The molecule has 2 bridgehead atoms. The molecule has 2 amide bonds. The molecule has 3 rings (SSSR count). The van der Waals surface area contributed by atoms with Crippen molar-refractivity contribution in [3.8, 4) is 0 Å². The summed E-state index contributed by atoms with van der Waals surface area (Å²) in [7, 11) is 0. The van der Waals surface area contributed by atoms with Crippen LogP contribution in [0.15, 0.2) is 12.7 Å². The molecule has 8 nitrogen and oxygen atoms in total. The third kappa shape index (κ3) is 3.99. The van der Waals surface area contributed by atoms with E-state index in [9.17, 15) is 14.4 Å². The quantitative estimate of drug-likeness (QED) is 0.286. The highest BCUT2D eigenvalue weighted by Gasteiger charge is 2.80. The van der Waals surface area contributed by atoms with Gasteiger partial charge in [-0.05, 0) is 59.3 Å². The number of fused-ring (bicyclic) bond motifs is 1. The van der Waals surface area contributed by atoms with Gasteiger partial charge in [0.25, 0.3) is 0 Å². The van der Waals surface area contributed by atoms with Gasteiger partial charge >= 0.3 is 5.97 Å². The highest BCUT2D eigenvalue weighted by atomic mass is 16.6. The Morgan fingerprint density at radius 3 is 2.64 bits per heavy atom. The van der Waals surface area contributed by atoms with Crippen LogP contribution in [0.4, 0.5) is 0 Å². The summed E-state index contributed by atoms with van der Waals surface area (Å²) in [6, 6.07) is -0.875. The van der Waals surface area contributed by atoms with E-state index >= 15 is 0 Å². The van der Waals surface area contributed by atoms with Crippen molar-refractivity contribution in [2.24, 2.45) is 17.8 Å². The zero-order valence-electron chi connectivity index (χ0n) is 20.7. The Morgan fingerprint density at radius 2 is 2.06 bits per heavy atom. The smallest absolute Gasteiger partial charge is 0.312 e. The minimum atomic E-state index is -1.05. The van der Waals surface area contributed by atoms with Crippen molar-refractivity contribution < 1.29 is 29.0 Å². The summed E-state index contributed by atoms with van der Waals surface area (Å²) in [4.78, 5) is 44.3. The summed E-state index contributed by atoms with van der Waals surface area (Å²) >= 11 is 0. The number of aliphatic hydroxyl groups is 1. The van der Waals surface area contributed by atoms with E-state index in [-0.39, 0.29) is 37.0 Å². The molecule has 3 unspecified atom stereocenters. The number of ether oxygens (including phenoxy) is 2. The molecule has 3 aliphatic rings. The zero-order chi connectivity index (χ0) is 24.6. The van der Waals surface area contributed by atoms with Gasteiger partial charge < -0.3 is 24.4 Å². The number of aliphatic hydroxyl groups excluding tert-OH is 1. The molecule has 186 valence electrons. The standard InChI is InChI=1S/C25H40N2O6/c1-7-12-26(16(3)4)22(30)20-25-15-17(5)24(6,33-25)19(23(31)32-8-2)18(25)21(29)27(20)13-10-9-11-14-28/h7,16-20,28H,1,8-15H2,2-6H3/t17?,18-,19-,20?,24+,25?/m0/s1. The fourth-order valence-corrected chi connectivity index (χ4v) is 6.27. The summed E-state index contributed by atoms with van der Waals surface area (Å²) < 4.78 is 12.0. The molecular formula is C25H40N2O6.